The second-order valence-corrected chi connectivity index (χ2v) is 9.68. The molecule has 2 fully saturated rings. The number of halogens is 2. The van der Waals surface area contributed by atoms with Crippen LogP contribution < -0.4 is 5.32 Å². The summed E-state index contributed by atoms with van der Waals surface area (Å²) in [6, 6.07) is 10.4. The minimum absolute atomic E-state index is 0.149. The molecule has 0 bridgehead atoms. The summed E-state index contributed by atoms with van der Waals surface area (Å²) in [7, 11) is -2.11. The van der Waals surface area contributed by atoms with Gasteiger partial charge >= 0.3 is 13.4 Å². The molecular formula is C24H31BF2N4O6. The third-order valence-electron chi connectivity index (χ3n) is 6.47. The van der Waals surface area contributed by atoms with Gasteiger partial charge in [0.2, 0.25) is 0 Å². The van der Waals surface area contributed by atoms with Crippen LogP contribution in [0.15, 0.2) is 42.0 Å². The van der Waals surface area contributed by atoms with Gasteiger partial charge in [0.1, 0.15) is 24.5 Å². The Morgan fingerprint density at radius 1 is 1.32 bits per heavy atom. The number of hydrogen-bond acceptors (Lipinski definition) is 8. The molecule has 0 unspecified atom stereocenters. The lowest BCUT2D eigenvalue weighted by Gasteiger charge is -2.41. The normalized spacial score (nSPS) is 20.5. The summed E-state index contributed by atoms with van der Waals surface area (Å²) >= 11 is 0. The Hall–Kier alpha value is -3.05. The van der Waals surface area contributed by atoms with E-state index in [1.165, 1.54) is 15.9 Å². The standard InChI is InChI=1S/C24H31BF2N4O6/c1-23(2,30-11-9-24(26,27)16-30)13-18(14-28)21(32)31-10-8-19(31)15-36-22(33)29-20(37-25(34)35)12-17-6-4-3-5-7-17/h3-7,13,19-20,34-35H,8-12,15-16H2,1-2H3,(H,29,33)/t19-,20-/m1/s1. The molecule has 2 heterocycles. The maximum Gasteiger partial charge on any atom is 0.635 e. The number of carbonyl (C=O) groups excluding carboxylic acids is 2. The minimum atomic E-state index is -2.80. The van der Waals surface area contributed by atoms with Crippen LogP contribution >= 0.6 is 0 Å². The summed E-state index contributed by atoms with van der Waals surface area (Å²) in [4.78, 5) is 28.2. The van der Waals surface area contributed by atoms with Crippen molar-refractivity contribution in [2.75, 3.05) is 26.2 Å². The highest BCUT2D eigenvalue weighted by molar-refractivity contribution is 6.32. The van der Waals surface area contributed by atoms with Gasteiger partial charge in [-0.1, -0.05) is 30.3 Å². The third kappa shape index (κ3) is 7.97. The van der Waals surface area contributed by atoms with Crippen LogP contribution in [0.5, 0.6) is 0 Å². The van der Waals surface area contributed by atoms with Crippen molar-refractivity contribution in [2.24, 2.45) is 0 Å². The zero-order chi connectivity index (χ0) is 27.2. The number of rotatable bonds is 10. The van der Waals surface area contributed by atoms with Crippen LogP contribution in [-0.4, -0.2) is 89.1 Å². The lowest BCUT2D eigenvalue weighted by molar-refractivity contribution is -0.135. The van der Waals surface area contributed by atoms with E-state index in [9.17, 15) is 23.6 Å². The van der Waals surface area contributed by atoms with Gasteiger partial charge in [-0.05, 0) is 31.9 Å². The van der Waals surface area contributed by atoms with Gasteiger partial charge in [0.05, 0.1) is 12.6 Å². The van der Waals surface area contributed by atoms with E-state index in [-0.39, 0.29) is 31.6 Å². The van der Waals surface area contributed by atoms with Crippen molar-refractivity contribution in [3.05, 3.63) is 47.5 Å². The fourth-order valence-electron chi connectivity index (χ4n) is 4.30. The number of nitriles is 1. The number of nitrogens with one attached hydrogen (secondary N) is 1. The topological polar surface area (TPSA) is 135 Å². The molecule has 37 heavy (non-hydrogen) atoms. The SMILES string of the molecule is CC(C)(C=C(C#N)C(=O)N1CC[C@@H]1COC(=O)N[C@@H](Cc1ccccc1)OB(O)O)N1CCC(F)(F)C1. The van der Waals surface area contributed by atoms with Crippen LogP contribution in [0.3, 0.4) is 0 Å². The van der Waals surface area contributed by atoms with E-state index >= 15 is 0 Å². The molecule has 3 rings (SSSR count). The first-order valence-electron chi connectivity index (χ1n) is 12.0. The highest BCUT2D eigenvalue weighted by Gasteiger charge is 2.44. The highest BCUT2D eigenvalue weighted by atomic mass is 19.3. The van der Waals surface area contributed by atoms with Crippen molar-refractivity contribution in [2.45, 2.75) is 56.8 Å². The van der Waals surface area contributed by atoms with E-state index in [0.717, 1.165) is 5.56 Å². The Morgan fingerprint density at radius 2 is 2.03 bits per heavy atom. The Morgan fingerprint density at radius 3 is 2.57 bits per heavy atom. The quantitative estimate of drug-likeness (QED) is 0.183. The number of alkyl carbamates (subject to hydrolysis) is 1. The van der Waals surface area contributed by atoms with Crippen molar-refractivity contribution in [1.82, 2.24) is 15.1 Å². The van der Waals surface area contributed by atoms with E-state index in [4.69, 9.17) is 19.4 Å². The number of nitrogens with zero attached hydrogens (tertiary/aromatic N) is 3. The Balaban J connectivity index is 1.55. The molecule has 0 saturated carbocycles. The molecule has 2 aliphatic rings. The molecule has 3 N–H and O–H groups in total. The van der Waals surface area contributed by atoms with Crippen molar-refractivity contribution < 1.29 is 37.8 Å². The zero-order valence-corrected chi connectivity index (χ0v) is 20.8. The van der Waals surface area contributed by atoms with Crippen molar-refractivity contribution in [3.63, 3.8) is 0 Å². The maximum absolute atomic E-state index is 13.7. The number of ether oxygens (including phenoxy) is 1. The molecule has 2 aliphatic heterocycles. The molecule has 0 aliphatic carbocycles. The van der Waals surface area contributed by atoms with Crippen molar-refractivity contribution in [3.8, 4) is 6.07 Å². The fraction of sp³-hybridized carbons (Fsp3) is 0.542. The largest absolute Gasteiger partial charge is 0.635 e. The minimum Gasteiger partial charge on any atom is -0.447 e. The lowest BCUT2D eigenvalue weighted by Crippen LogP contribution is -2.54. The number of carbonyl (C=O) groups is 2. The van der Waals surface area contributed by atoms with Crippen LogP contribution in [-0.2, 0) is 20.6 Å². The predicted molar refractivity (Wildman–Crippen MR) is 129 cm³/mol. The molecule has 0 spiro atoms. The summed E-state index contributed by atoms with van der Waals surface area (Å²) in [6.45, 7) is 3.26. The summed E-state index contributed by atoms with van der Waals surface area (Å²) in [5.41, 5.74) is -0.314. The smallest absolute Gasteiger partial charge is 0.447 e. The fourth-order valence-corrected chi connectivity index (χ4v) is 4.30. The summed E-state index contributed by atoms with van der Waals surface area (Å²) in [5.74, 6) is -3.36. The van der Waals surface area contributed by atoms with Crippen LogP contribution in [0, 0.1) is 11.3 Å². The van der Waals surface area contributed by atoms with Gasteiger partial charge in [0.25, 0.3) is 11.8 Å². The number of benzene rings is 1. The van der Waals surface area contributed by atoms with Gasteiger partial charge in [-0.15, -0.1) is 0 Å². The van der Waals surface area contributed by atoms with E-state index < -0.39 is 49.6 Å². The van der Waals surface area contributed by atoms with Crippen molar-refractivity contribution >= 4 is 19.3 Å². The third-order valence-corrected chi connectivity index (χ3v) is 6.47. The van der Waals surface area contributed by atoms with Gasteiger partial charge in [-0.2, -0.15) is 5.26 Å². The number of amides is 2. The van der Waals surface area contributed by atoms with Gasteiger partial charge in [0, 0.05) is 31.5 Å². The summed E-state index contributed by atoms with van der Waals surface area (Å²) in [6.07, 6.45) is -0.140. The monoisotopic (exact) mass is 520 g/mol. The number of alkyl halides is 2. The summed E-state index contributed by atoms with van der Waals surface area (Å²) < 4.78 is 37.5. The molecule has 0 aromatic heterocycles. The molecule has 2 amide bonds. The van der Waals surface area contributed by atoms with Gasteiger partial charge < -0.3 is 24.3 Å². The van der Waals surface area contributed by atoms with Crippen LogP contribution in [0.25, 0.3) is 0 Å². The predicted octanol–water partition coefficient (Wildman–Crippen LogP) is 1.44. The molecule has 13 heteroatoms. The van der Waals surface area contributed by atoms with E-state index in [1.54, 1.807) is 38.1 Å². The van der Waals surface area contributed by atoms with Crippen molar-refractivity contribution in [1.29, 1.82) is 5.26 Å². The molecule has 2 saturated heterocycles. The van der Waals surface area contributed by atoms with Gasteiger partial charge in [-0.3, -0.25) is 15.0 Å². The Labute approximate surface area is 214 Å². The van der Waals surface area contributed by atoms with Crippen LogP contribution in [0.2, 0.25) is 0 Å². The van der Waals surface area contributed by atoms with E-state index in [2.05, 4.69) is 5.32 Å². The molecule has 1 aromatic rings. The van der Waals surface area contributed by atoms with Crippen LogP contribution in [0.1, 0.15) is 32.3 Å². The molecular weight excluding hydrogens is 489 g/mol. The average molecular weight is 520 g/mol. The number of likely N-dealkylation sites (tertiary alicyclic amines) is 2. The van der Waals surface area contributed by atoms with E-state index in [0.29, 0.717) is 13.0 Å². The first kappa shape index (κ1) is 28.5. The molecule has 0 radical (unpaired) electrons. The molecule has 200 valence electrons. The molecule has 2 atom stereocenters. The average Bonchev–Trinajstić information content (AvgIpc) is 3.17. The van der Waals surface area contributed by atoms with Crippen LogP contribution in [0.4, 0.5) is 13.6 Å². The molecule has 1 aromatic carbocycles. The lowest BCUT2D eigenvalue weighted by atomic mass is 9.96. The van der Waals surface area contributed by atoms with E-state index in [1.807, 2.05) is 12.1 Å². The van der Waals surface area contributed by atoms with Gasteiger partial charge in [-0.25, -0.2) is 13.6 Å². The second-order valence-electron chi connectivity index (χ2n) is 9.68. The maximum atomic E-state index is 13.7. The summed E-state index contributed by atoms with van der Waals surface area (Å²) in [5, 5.41) is 30.3. The Kier molecular flexibility index (Phi) is 9.25. The highest BCUT2D eigenvalue weighted by Crippen LogP contribution is 2.33. The number of hydrogen-bond donors (Lipinski definition) is 3. The van der Waals surface area contributed by atoms with Gasteiger partial charge in [0.15, 0.2) is 0 Å². The Bertz CT molecular complexity index is 1030. The first-order chi connectivity index (χ1) is 17.4. The zero-order valence-electron chi connectivity index (χ0n) is 20.8. The first-order valence-corrected chi connectivity index (χ1v) is 12.0. The second kappa shape index (κ2) is 12.0. The molecule has 10 nitrogen and oxygen atoms in total.